The van der Waals surface area contributed by atoms with Gasteiger partial charge in [-0.3, -0.25) is 20.0 Å². The van der Waals surface area contributed by atoms with Gasteiger partial charge in [0.2, 0.25) is 0 Å². The minimum Gasteiger partial charge on any atom is -0.353 e. The Bertz CT molecular complexity index is 1680. The number of likely N-dealkylation sites (tertiary alicyclic amines) is 1. The topological polar surface area (TPSA) is 86.4 Å². The molecule has 0 aliphatic carbocycles. The molecule has 6 aromatic rings. The van der Waals surface area contributed by atoms with Crippen LogP contribution in [0.4, 0.5) is 0 Å². The first-order valence-corrected chi connectivity index (χ1v) is 12.4. The molecule has 0 unspecified atom stereocenters. The van der Waals surface area contributed by atoms with Crippen molar-refractivity contribution in [1.82, 2.24) is 35.0 Å². The third kappa shape index (κ3) is 3.74. The highest BCUT2D eigenvalue weighted by Gasteiger charge is 2.16. The highest BCUT2D eigenvalue weighted by molar-refractivity contribution is 6.00. The van der Waals surface area contributed by atoms with Gasteiger partial charge in [0.15, 0.2) is 0 Å². The minimum absolute atomic E-state index is 0.802. The Morgan fingerprint density at radius 2 is 1.81 bits per heavy atom. The largest absolute Gasteiger partial charge is 0.353 e. The summed E-state index contributed by atoms with van der Waals surface area (Å²) in [4.78, 5) is 20.1. The van der Waals surface area contributed by atoms with Gasteiger partial charge in [0.25, 0.3) is 0 Å². The zero-order chi connectivity index (χ0) is 23.9. The van der Waals surface area contributed by atoms with Crippen molar-refractivity contribution in [2.24, 2.45) is 0 Å². The first-order valence-electron chi connectivity index (χ1n) is 12.4. The summed E-state index contributed by atoms with van der Waals surface area (Å²) in [7, 11) is 0. The fraction of sp³-hybridized carbons (Fsp3) is 0.172. The van der Waals surface area contributed by atoms with Gasteiger partial charge in [0, 0.05) is 47.2 Å². The van der Waals surface area contributed by atoms with Crippen molar-refractivity contribution in [2.45, 2.75) is 19.4 Å². The molecule has 5 aromatic heterocycles. The number of nitrogens with zero attached hydrogens (tertiary/aromatic N) is 5. The number of hydrogen-bond acceptors (Lipinski definition) is 5. The van der Waals surface area contributed by atoms with Crippen LogP contribution in [0.15, 0.2) is 79.3 Å². The van der Waals surface area contributed by atoms with Gasteiger partial charge in [-0.15, -0.1) is 0 Å². The third-order valence-electron chi connectivity index (χ3n) is 6.96. The van der Waals surface area contributed by atoms with Gasteiger partial charge in [-0.05, 0) is 74.0 Å². The Morgan fingerprint density at radius 1 is 0.861 bits per heavy atom. The Morgan fingerprint density at radius 3 is 2.69 bits per heavy atom. The zero-order valence-electron chi connectivity index (χ0n) is 19.8. The van der Waals surface area contributed by atoms with Crippen molar-refractivity contribution < 1.29 is 0 Å². The molecule has 36 heavy (non-hydrogen) atoms. The van der Waals surface area contributed by atoms with Crippen LogP contribution in [0.3, 0.4) is 0 Å². The second-order valence-corrected chi connectivity index (χ2v) is 9.39. The maximum Gasteiger partial charge on any atom is 0.135 e. The number of aromatic amines is 2. The molecule has 2 N–H and O–H groups in total. The molecule has 176 valence electrons. The SMILES string of the molecule is c1ccc(-c2cccc3[nH]c(-c4n[nH]c5ccc(-c6cncc(CN7CCCC7)c6)nc45)cc23)nc1. The molecule has 0 saturated carbocycles. The van der Waals surface area contributed by atoms with Crippen LogP contribution in [-0.2, 0) is 6.54 Å². The lowest BCUT2D eigenvalue weighted by Crippen LogP contribution is -2.18. The van der Waals surface area contributed by atoms with E-state index in [1.165, 1.54) is 31.5 Å². The molecular formula is C29H25N7. The number of fused-ring (bicyclic) bond motifs is 2. The predicted octanol–water partition coefficient (Wildman–Crippen LogP) is 5.83. The van der Waals surface area contributed by atoms with Crippen LogP contribution in [0, 0.1) is 0 Å². The van der Waals surface area contributed by atoms with E-state index in [9.17, 15) is 0 Å². The summed E-state index contributed by atoms with van der Waals surface area (Å²) in [6, 6.07) is 20.6. The van der Waals surface area contributed by atoms with Crippen molar-refractivity contribution in [2.75, 3.05) is 13.1 Å². The van der Waals surface area contributed by atoms with Crippen LogP contribution >= 0.6 is 0 Å². The van der Waals surface area contributed by atoms with Gasteiger partial charge in [-0.25, -0.2) is 4.98 Å². The predicted molar refractivity (Wildman–Crippen MR) is 142 cm³/mol. The molecule has 0 spiro atoms. The van der Waals surface area contributed by atoms with E-state index in [0.29, 0.717) is 0 Å². The molecule has 7 rings (SSSR count). The standard InChI is InChI=1S/C29H25N7/c1-2-11-31-24(7-1)21-6-5-8-25-22(21)15-27(32-25)29-28-26(34-35-29)10-9-23(33-28)20-14-19(16-30-17-20)18-36-12-3-4-13-36/h1-2,5-11,14-17,32H,3-4,12-13,18H2,(H,34,35). The maximum atomic E-state index is 5.03. The monoisotopic (exact) mass is 471 g/mol. The molecule has 1 saturated heterocycles. The van der Waals surface area contributed by atoms with Crippen molar-refractivity contribution >= 4 is 21.9 Å². The van der Waals surface area contributed by atoms with Gasteiger partial charge >= 0.3 is 0 Å². The lowest BCUT2D eigenvalue weighted by atomic mass is 10.1. The number of H-pyrrole nitrogens is 2. The number of rotatable bonds is 5. The van der Waals surface area contributed by atoms with Crippen LogP contribution in [0.25, 0.3) is 55.8 Å². The highest BCUT2D eigenvalue weighted by atomic mass is 15.1. The van der Waals surface area contributed by atoms with E-state index in [-0.39, 0.29) is 0 Å². The molecule has 1 fully saturated rings. The average molecular weight is 472 g/mol. The van der Waals surface area contributed by atoms with E-state index in [4.69, 9.17) is 4.98 Å². The Balaban J connectivity index is 1.28. The van der Waals surface area contributed by atoms with Crippen LogP contribution < -0.4 is 0 Å². The minimum atomic E-state index is 0.802. The summed E-state index contributed by atoms with van der Waals surface area (Å²) in [6.45, 7) is 3.27. The molecular weight excluding hydrogens is 446 g/mol. The van der Waals surface area contributed by atoms with E-state index in [1.54, 1.807) is 0 Å². The van der Waals surface area contributed by atoms with Gasteiger partial charge in [0.1, 0.15) is 11.2 Å². The van der Waals surface area contributed by atoms with E-state index in [1.807, 2.05) is 55.0 Å². The molecule has 0 radical (unpaired) electrons. The lowest BCUT2D eigenvalue weighted by molar-refractivity contribution is 0.331. The Hall–Kier alpha value is -4.36. The first kappa shape index (κ1) is 21.0. The molecule has 6 heterocycles. The van der Waals surface area contributed by atoms with Crippen LogP contribution in [0.5, 0.6) is 0 Å². The maximum absolute atomic E-state index is 5.03. The normalized spacial score (nSPS) is 14.2. The highest BCUT2D eigenvalue weighted by Crippen LogP contribution is 2.33. The summed E-state index contributed by atoms with van der Waals surface area (Å²) >= 11 is 0. The smallest absolute Gasteiger partial charge is 0.135 e. The average Bonchev–Trinajstić information content (AvgIpc) is 3.68. The number of nitrogens with one attached hydrogen (secondary N) is 2. The molecule has 0 amide bonds. The molecule has 0 bridgehead atoms. The molecule has 7 heteroatoms. The zero-order valence-corrected chi connectivity index (χ0v) is 19.8. The molecule has 1 aliphatic rings. The van der Waals surface area contributed by atoms with Gasteiger partial charge < -0.3 is 4.98 Å². The van der Waals surface area contributed by atoms with Crippen LogP contribution in [-0.4, -0.2) is 48.1 Å². The van der Waals surface area contributed by atoms with Crippen LogP contribution in [0.2, 0.25) is 0 Å². The summed E-state index contributed by atoms with van der Waals surface area (Å²) in [5.74, 6) is 0. The van der Waals surface area contributed by atoms with Gasteiger partial charge in [-0.1, -0.05) is 18.2 Å². The third-order valence-corrected chi connectivity index (χ3v) is 6.96. The van der Waals surface area contributed by atoms with Gasteiger partial charge in [0.05, 0.1) is 22.6 Å². The molecule has 1 aliphatic heterocycles. The van der Waals surface area contributed by atoms with E-state index in [0.717, 1.165) is 62.4 Å². The summed E-state index contributed by atoms with van der Waals surface area (Å²) in [5, 5.41) is 8.88. The van der Waals surface area contributed by atoms with Crippen molar-refractivity contribution in [1.29, 1.82) is 0 Å². The Kier molecular flexibility index (Phi) is 5.06. The first-order chi connectivity index (χ1) is 17.8. The fourth-order valence-corrected chi connectivity index (χ4v) is 5.19. The summed E-state index contributed by atoms with van der Waals surface area (Å²) in [6.07, 6.45) is 8.25. The second kappa shape index (κ2) is 8.70. The van der Waals surface area contributed by atoms with Crippen LogP contribution in [0.1, 0.15) is 18.4 Å². The number of benzene rings is 1. The van der Waals surface area contributed by atoms with E-state index in [2.05, 4.69) is 54.3 Å². The molecule has 7 nitrogen and oxygen atoms in total. The molecule has 1 aromatic carbocycles. The quantitative estimate of drug-likeness (QED) is 0.331. The van der Waals surface area contributed by atoms with Crippen molar-refractivity contribution in [3.8, 4) is 33.9 Å². The van der Waals surface area contributed by atoms with Crippen molar-refractivity contribution in [3.05, 3.63) is 84.8 Å². The second-order valence-electron chi connectivity index (χ2n) is 9.39. The van der Waals surface area contributed by atoms with Gasteiger partial charge in [-0.2, -0.15) is 5.10 Å². The fourth-order valence-electron chi connectivity index (χ4n) is 5.19. The number of aromatic nitrogens is 6. The van der Waals surface area contributed by atoms with E-state index >= 15 is 0 Å². The number of hydrogen-bond donors (Lipinski definition) is 2. The molecule has 0 atom stereocenters. The number of pyridine rings is 3. The summed E-state index contributed by atoms with van der Waals surface area (Å²) in [5.41, 5.74) is 9.68. The Labute approximate surface area is 208 Å². The summed E-state index contributed by atoms with van der Waals surface area (Å²) < 4.78 is 0. The van der Waals surface area contributed by atoms with E-state index < -0.39 is 0 Å². The van der Waals surface area contributed by atoms with Crippen molar-refractivity contribution in [3.63, 3.8) is 0 Å². The lowest BCUT2D eigenvalue weighted by Gasteiger charge is -2.14.